The van der Waals surface area contributed by atoms with Gasteiger partial charge < -0.3 is 14.7 Å². The zero-order valence-corrected chi connectivity index (χ0v) is 24.3. The summed E-state index contributed by atoms with van der Waals surface area (Å²) in [5, 5.41) is 6.19. The van der Waals surface area contributed by atoms with Gasteiger partial charge in [-0.05, 0) is 62.0 Å². The van der Waals surface area contributed by atoms with Gasteiger partial charge in [-0.25, -0.2) is 9.18 Å². The molecule has 14 heteroatoms. The van der Waals surface area contributed by atoms with E-state index in [1.165, 1.54) is 0 Å². The fourth-order valence-corrected chi connectivity index (χ4v) is 6.30. The van der Waals surface area contributed by atoms with E-state index in [4.69, 9.17) is 30.9 Å². The number of rotatable bonds is 12. The lowest BCUT2D eigenvalue weighted by Crippen LogP contribution is -2.64. The Labute approximate surface area is 250 Å². The predicted molar refractivity (Wildman–Crippen MR) is 146 cm³/mol. The molecule has 43 heavy (non-hydrogen) atoms. The maximum atomic E-state index is 15.8. The van der Waals surface area contributed by atoms with Crippen LogP contribution < -0.4 is 0 Å². The van der Waals surface area contributed by atoms with Gasteiger partial charge in [-0.3, -0.25) is 19.3 Å². The van der Waals surface area contributed by atoms with Crippen LogP contribution in [0.15, 0.2) is 52.7 Å². The van der Waals surface area contributed by atoms with Gasteiger partial charge in [0.25, 0.3) is 5.91 Å². The number of allylic oxidation sites excluding steroid dienone is 2. The van der Waals surface area contributed by atoms with Crippen molar-refractivity contribution in [3.8, 4) is 0 Å². The van der Waals surface area contributed by atoms with Crippen LogP contribution in [0.3, 0.4) is 0 Å². The van der Waals surface area contributed by atoms with E-state index in [-0.39, 0.29) is 25.2 Å². The highest BCUT2D eigenvalue weighted by molar-refractivity contribution is 6.40. The van der Waals surface area contributed by atoms with Gasteiger partial charge in [0.15, 0.2) is 6.61 Å². The fourth-order valence-electron chi connectivity index (χ4n) is 6.10. The van der Waals surface area contributed by atoms with Gasteiger partial charge in [-0.15, -0.1) is 0 Å². The summed E-state index contributed by atoms with van der Waals surface area (Å²) < 4.78 is 87.9. The molecular weight excluding hydrogens is 603 g/mol. The Bertz CT molecular complexity index is 1280. The van der Waals surface area contributed by atoms with Gasteiger partial charge in [-0.2, -0.15) is 17.6 Å². The molecule has 1 aliphatic carbocycles. The molecule has 2 aliphatic heterocycles. The van der Waals surface area contributed by atoms with E-state index < -0.39 is 65.2 Å². The molecule has 1 saturated heterocycles. The Balaban J connectivity index is 1.92. The highest BCUT2D eigenvalue weighted by Crippen LogP contribution is 2.55. The summed E-state index contributed by atoms with van der Waals surface area (Å²) in [5.41, 5.74) is -2.25. The SMILES string of the molecule is CCC1(CC)N=C2C(=C(OCC(=O)O)C=CC2(F)Cl)C(OC(F)F)(OC(F)F)C1Cc1ccc(C(=O)N2CCCC2)cc1. The number of nitrogens with zero attached hydrogens (tertiary/aromatic N) is 2. The fraction of sp³-hybridized carbons (Fsp3) is 0.552. The number of halogens is 6. The number of aliphatic carboxylic acids is 1. The number of ether oxygens (including phenoxy) is 3. The molecule has 1 aromatic rings. The van der Waals surface area contributed by atoms with Crippen LogP contribution in [0.1, 0.15) is 55.5 Å². The number of carboxylic acid groups (broad SMARTS) is 1. The van der Waals surface area contributed by atoms with E-state index in [9.17, 15) is 27.2 Å². The van der Waals surface area contributed by atoms with Crippen molar-refractivity contribution in [2.45, 2.75) is 75.6 Å². The highest BCUT2D eigenvalue weighted by Gasteiger charge is 2.64. The monoisotopic (exact) mass is 634 g/mol. The normalized spacial score (nSPS) is 24.4. The first-order chi connectivity index (χ1) is 20.3. The summed E-state index contributed by atoms with van der Waals surface area (Å²) in [7, 11) is 0. The van der Waals surface area contributed by atoms with Crippen LogP contribution >= 0.6 is 11.6 Å². The maximum absolute atomic E-state index is 15.8. The average molecular weight is 635 g/mol. The molecule has 4 rings (SSSR count). The van der Waals surface area contributed by atoms with Crippen molar-refractivity contribution in [2.24, 2.45) is 10.9 Å². The van der Waals surface area contributed by atoms with Crippen LogP contribution in [0.4, 0.5) is 22.0 Å². The number of alkyl halides is 6. The lowest BCUT2D eigenvalue weighted by Gasteiger charge is -2.53. The topological polar surface area (TPSA) is 97.7 Å². The predicted octanol–water partition coefficient (Wildman–Crippen LogP) is 6.10. The highest BCUT2D eigenvalue weighted by atomic mass is 35.5. The van der Waals surface area contributed by atoms with Gasteiger partial charge >= 0.3 is 19.2 Å². The summed E-state index contributed by atoms with van der Waals surface area (Å²) in [6, 6.07) is 6.22. The molecule has 2 atom stereocenters. The standard InChI is InChI=1S/C29H32ClF5N2O6/c1-3-27(4-2)20(15-17-7-9-18(10-8-17)24(40)37-13-5-6-14-37)29(42-25(31)32,43-26(33)34)22-19(41-16-21(38)39)11-12-28(30,35)23(22)36-27/h7-12,20,25-26H,3-6,13-16H2,1-2H3,(H,38,39). The second-order valence-corrected chi connectivity index (χ2v) is 11.1. The van der Waals surface area contributed by atoms with Gasteiger partial charge in [0.05, 0.1) is 11.1 Å². The van der Waals surface area contributed by atoms with E-state index in [1.54, 1.807) is 43.0 Å². The van der Waals surface area contributed by atoms with E-state index >= 15 is 4.39 Å². The minimum Gasteiger partial charge on any atom is -0.481 e. The van der Waals surface area contributed by atoms with Crippen molar-refractivity contribution in [1.29, 1.82) is 0 Å². The number of carbonyl (C=O) groups is 2. The van der Waals surface area contributed by atoms with E-state index in [0.717, 1.165) is 25.0 Å². The molecule has 1 aromatic carbocycles. The average Bonchev–Trinajstić information content (AvgIpc) is 3.48. The van der Waals surface area contributed by atoms with Crippen LogP contribution in [0.5, 0.6) is 0 Å². The van der Waals surface area contributed by atoms with Crippen LogP contribution in [0.2, 0.25) is 0 Å². The Kier molecular flexibility index (Phi) is 9.87. The Morgan fingerprint density at radius 3 is 2.16 bits per heavy atom. The van der Waals surface area contributed by atoms with Gasteiger partial charge in [0.2, 0.25) is 10.9 Å². The summed E-state index contributed by atoms with van der Waals surface area (Å²) in [4.78, 5) is 30.4. The van der Waals surface area contributed by atoms with Crippen LogP contribution in [-0.4, -0.2) is 77.0 Å². The number of benzene rings is 1. The number of likely N-dealkylation sites (tertiary alicyclic amines) is 1. The second kappa shape index (κ2) is 12.9. The quantitative estimate of drug-likeness (QED) is 0.170. The zero-order valence-electron chi connectivity index (χ0n) is 23.5. The number of carboxylic acids is 1. The van der Waals surface area contributed by atoms with Crippen LogP contribution in [0.25, 0.3) is 0 Å². The number of fused-ring (bicyclic) bond motifs is 1. The summed E-state index contributed by atoms with van der Waals surface area (Å²) >= 11 is 6.11. The summed E-state index contributed by atoms with van der Waals surface area (Å²) in [6.45, 7) is -3.95. The van der Waals surface area contributed by atoms with E-state index in [2.05, 4.69) is 4.99 Å². The molecule has 0 saturated carbocycles. The van der Waals surface area contributed by atoms with Crippen LogP contribution in [0, 0.1) is 5.92 Å². The molecule has 1 fully saturated rings. The molecule has 1 N–H and O–H groups in total. The second-order valence-electron chi connectivity index (χ2n) is 10.5. The van der Waals surface area contributed by atoms with E-state index in [0.29, 0.717) is 24.2 Å². The first kappa shape index (κ1) is 32.9. The third-order valence-corrected chi connectivity index (χ3v) is 8.48. The first-order valence-electron chi connectivity index (χ1n) is 13.9. The Hall–Kier alpha value is -3.03. The molecule has 0 bridgehead atoms. The minimum absolute atomic E-state index is 0.0411. The maximum Gasteiger partial charge on any atom is 0.347 e. The van der Waals surface area contributed by atoms with Crippen molar-refractivity contribution in [2.75, 3.05) is 19.7 Å². The van der Waals surface area contributed by atoms with Crippen molar-refractivity contribution in [3.05, 3.63) is 58.9 Å². The summed E-state index contributed by atoms with van der Waals surface area (Å²) in [6.07, 6.45) is 3.22. The van der Waals surface area contributed by atoms with Crippen molar-refractivity contribution >= 4 is 29.2 Å². The Morgan fingerprint density at radius 1 is 1.07 bits per heavy atom. The van der Waals surface area contributed by atoms with Crippen molar-refractivity contribution < 1.29 is 50.9 Å². The molecular formula is C29H32ClF5N2O6. The smallest absolute Gasteiger partial charge is 0.347 e. The number of carbonyl (C=O) groups excluding carboxylic acids is 1. The number of hydrogen-bond acceptors (Lipinski definition) is 6. The zero-order chi connectivity index (χ0) is 31.6. The lowest BCUT2D eigenvalue weighted by atomic mass is 9.65. The molecule has 0 aromatic heterocycles. The number of aliphatic imine (C=N–C) groups is 1. The van der Waals surface area contributed by atoms with Crippen molar-refractivity contribution in [1.82, 2.24) is 4.90 Å². The van der Waals surface area contributed by atoms with Crippen molar-refractivity contribution in [3.63, 3.8) is 0 Å². The molecule has 236 valence electrons. The minimum atomic E-state index is -3.71. The van der Waals surface area contributed by atoms with E-state index in [1.807, 2.05) is 0 Å². The molecule has 3 aliphatic rings. The molecule has 2 unspecified atom stereocenters. The first-order valence-corrected chi connectivity index (χ1v) is 14.2. The van der Waals surface area contributed by atoms with Crippen LogP contribution in [-0.2, 0) is 25.4 Å². The summed E-state index contributed by atoms with van der Waals surface area (Å²) in [5.74, 6) is -6.79. The third kappa shape index (κ3) is 6.58. The van der Waals surface area contributed by atoms with Gasteiger partial charge in [0, 0.05) is 24.6 Å². The van der Waals surface area contributed by atoms with Gasteiger partial charge in [-0.1, -0.05) is 37.6 Å². The lowest BCUT2D eigenvalue weighted by molar-refractivity contribution is -0.366. The van der Waals surface area contributed by atoms with Gasteiger partial charge in [0.1, 0.15) is 11.5 Å². The number of hydrogen-bond donors (Lipinski definition) is 1. The Morgan fingerprint density at radius 2 is 1.65 bits per heavy atom. The molecule has 0 spiro atoms. The molecule has 8 nitrogen and oxygen atoms in total. The molecule has 0 radical (unpaired) electrons. The third-order valence-electron chi connectivity index (χ3n) is 8.17. The molecule has 1 amide bonds. The largest absolute Gasteiger partial charge is 0.481 e. The number of amides is 1. The molecule has 2 heterocycles.